The van der Waals surface area contributed by atoms with Crippen LogP contribution in [0.5, 0.6) is 11.5 Å². The van der Waals surface area contributed by atoms with Gasteiger partial charge in [-0.25, -0.2) is 4.98 Å². The molecular formula is C56H48N4O2. The Morgan fingerprint density at radius 1 is 0.500 bits per heavy atom. The number of para-hydroxylation sites is 4. The fourth-order valence-electron chi connectivity index (χ4n) is 9.21. The summed E-state index contributed by atoms with van der Waals surface area (Å²) >= 11 is 0. The maximum Gasteiger partial charge on any atom is 0.137 e. The Labute approximate surface area is 362 Å². The molecule has 0 atom stereocenters. The molecular weight excluding hydrogens is 761 g/mol. The van der Waals surface area contributed by atoms with Crippen LogP contribution in [0.15, 0.2) is 174 Å². The van der Waals surface area contributed by atoms with Crippen LogP contribution in [0.4, 0.5) is 22.7 Å². The summed E-state index contributed by atoms with van der Waals surface area (Å²) in [6, 6.07) is 58.2. The number of rotatable bonds is 6. The van der Waals surface area contributed by atoms with Gasteiger partial charge in [-0.2, -0.15) is 0 Å². The summed E-state index contributed by atoms with van der Waals surface area (Å²) in [7, 11) is 0. The molecule has 0 saturated heterocycles. The highest BCUT2D eigenvalue weighted by atomic mass is 16.5. The number of nitrogens with zero attached hydrogens (tertiary/aromatic N) is 4. The molecule has 0 aliphatic carbocycles. The molecule has 1 aliphatic rings. The maximum absolute atomic E-state index is 6.77. The number of fused-ring (bicyclic) bond motifs is 7. The minimum Gasteiger partial charge on any atom is -0.457 e. The van der Waals surface area contributed by atoms with Crippen molar-refractivity contribution in [2.45, 2.75) is 52.4 Å². The summed E-state index contributed by atoms with van der Waals surface area (Å²) in [4.78, 5) is 9.73. The average molecular weight is 809 g/mol. The fourth-order valence-corrected chi connectivity index (χ4v) is 9.21. The first-order valence-electron chi connectivity index (χ1n) is 21.5. The number of furan rings is 1. The van der Waals surface area contributed by atoms with Crippen LogP contribution in [0.3, 0.4) is 0 Å². The second-order valence-corrected chi connectivity index (χ2v) is 18.5. The Balaban J connectivity index is 0.981. The van der Waals surface area contributed by atoms with E-state index in [9.17, 15) is 0 Å². The van der Waals surface area contributed by atoms with Crippen LogP contribution in [0.1, 0.15) is 52.7 Å². The molecule has 11 rings (SSSR count). The normalized spacial score (nSPS) is 13.2. The molecule has 6 heteroatoms. The largest absolute Gasteiger partial charge is 0.457 e. The van der Waals surface area contributed by atoms with Crippen molar-refractivity contribution < 1.29 is 9.15 Å². The third-order valence-electron chi connectivity index (χ3n) is 12.4. The Kier molecular flexibility index (Phi) is 8.59. The molecule has 62 heavy (non-hydrogen) atoms. The van der Waals surface area contributed by atoms with Crippen LogP contribution in [0.2, 0.25) is 0 Å². The Morgan fingerprint density at radius 3 is 2.00 bits per heavy atom. The van der Waals surface area contributed by atoms with Crippen LogP contribution in [-0.2, 0) is 10.8 Å². The number of hydrogen-bond acceptors (Lipinski definition) is 5. The van der Waals surface area contributed by atoms with E-state index in [1.54, 1.807) is 0 Å². The predicted octanol–water partition coefficient (Wildman–Crippen LogP) is 15.4. The van der Waals surface area contributed by atoms with Crippen LogP contribution >= 0.6 is 0 Å². The standard InChI is InChI=1S/C56H48N4O2/c1-55(2,3)36-25-27-43(44-19-14-24-52-54(44)45-18-8-12-23-51(45)62-52)49(31-36)59-35-58(47-21-10-11-22-48(47)59)38-15-13-16-39(33-38)61-40-26-28-42-41-17-7-9-20-46(41)60(50(42)34-40)53-32-37(29-30-57-53)56(4,5)6/h7-34H,35H2,1-6H3. The highest BCUT2D eigenvalue weighted by Crippen LogP contribution is 2.50. The zero-order valence-electron chi connectivity index (χ0n) is 36.0. The van der Waals surface area contributed by atoms with E-state index in [0.717, 1.165) is 89.6 Å². The van der Waals surface area contributed by atoms with Crippen molar-refractivity contribution in [3.8, 4) is 28.4 Å². The van der Waals surface area contributed by atoms with Gasteiger partial charge in [0.2, 0.25) is 0 Å². The SMILES string of the molecule is CC(C)(C)c1ccnc(-n2c3ccccc3c3ccc(Oc4cccc(N5CN(c6cc(C(C)(C)C)ccc6-c6cccc7oc8ccccc8c67)c6ccccc65)c4)cc32)c1. The van der Waals surface area contributed by atoms with E-state index >= 15 is 0 Å². The van der Waals surface area contributed by atoms with Crippen molar-refractivity contribution in [1.29, 1.82) is 0 Å². The highest BCUT2D eigenvalue weighted by molar-refractivity contribution is 6.14. The van der Waals surface area contributed by atoms with Crippen molar-refractivity contribution in [2.24, 2.45) is 0 Å². The summed E-state index contributed by atoms with van der Waals surface area (Å²) in [5.74, 6) is 2.42. The first kappa shape index (κ1) is 37.7. The molecule has 4 heterocycles. The molecule has 0 N–H and O–H groups in total. The lowest BCUT2D eigenvalue weighted by Crippen LogP contribution is -2.25. The van der Waals surface area contributed by atoms with Crippen molar-refractivity contribution >= 4 is 66.5 Å². The van der Waals surface area contributed by atoms with E-state index in [4.69, 9.17) is 14.1 Å². The third-order valence-corrected chi connectivity index (χ3v) is 12.4. The quantitative estimate of drug-likeness (QED) is 0.167. The van der Waals surface area contributed by atoms with Crippen molar-refractivity contribution in [3.63, 3.8) is 0 Å². The van der Waals surface area contributed by atoms with Gasteiger partial charge in [0.15, 0.2) is 0 Å². The molecule has 7 aromatic carbocycles. The number of pyridine rings is 1. The van der Waals surface area contributed by atoms with Crippen molar-refractivity contribution in [3.05, 3.63) is 181 Å². The lowest BCUT2D eigenvalue weighted by molar-refractivity contribution is 0.483. The molecule has 0 bridgehead atoms. The minimum atomic E-state index is -0.0451. The molecule has 0 spiro atoms. The summed E-state index contributed by atoms with van der Waals surface area (Å²) in [6.07, 6.45) is 1.92. The number of benzene rings is 7. The molecule has 0 amide bonds. The number of aromatic nitrogens is 2. The second kappa shape index (κ2) is 14.1. The summed E-state index contributed by atoms with van der Waals surface area (Å²) < 4.78 is 15.4. The molecule has 10 aromatic rings. The first-order chi connectivity index (χ1) is 30.0. The second-order valence-electron chi connectivity index (χ2n) is 18.5. The Morgan fingerprint density at radius 2 is 1.18 bits per heavy atom. The highest BCUT2D eigenvalue weighted by Gasteiger charge is 2.31. The molecule has 0 radical (unpaired) electrons. The van der Waals surface area contributed by atoms with E-state index in [-0.39, 0.29) is 10.8 Å². The molecule has 304 valence electrons. The van der Waals surface area contributed by atoms with Gasteiger partial charge in [-0.05, 0) is 100 Å². The van der Waals surface area contributed by atoms with Crippen LogP contribution < -0.4 is 14.5 Å². The van der Waals surface area contributed by atoms with Gasteiger partial charge < -0.3 is 19.0 Å². The van der Waals surface area contributed by atoms with Gasteiger partial charge in [-0.1, -0.05) is 120 Å². The van der Waals surface area contributed by atoms with E-state index in [0.29, 0.717) is 6.67 Å². The predicted molar refractivity (Wildman–Crippen MR) is 257 cm³/mol. The summed E-state index contributed by atoms with van der Waals surface area (Å²) in [6.45, 7) is 14.2. The molecule has 0 unspecified atom stereocenters. The Bertz CT molecular complexity index is 3360. The van der Waals surface area contributed by atoms with Gasteiger partial charge in [-0.15, -0.1) is 0 Å². The van der Waals surface area contributed by atoms with Gasteiger partial charge >= 0.3 is 0 Å². The van der Waals surface area contributed by atoms with Gasteiger partial charge in [-0.3, -0.25) is 4.57 Å². The zero-order chi connectivity index (χ0) is 42.3. The van der Waals surface area contributed by atoms with E-state index < -0.39 is 0 Å². The van der Waals surface area contributed by atoms with Gasteiger partial charge in [0.25, 0.3) is 0 Å². The van der Waals surface area contributed by atoms with Crippen LogP contribution in [0, 0.1) is 0 Å². The van der Waals surface area contributed by atoms with Crippen molar-refractivity contribution in [1.82, 2.24) is 9.55 Å². The molecule has 3 aromatic heterocycles. The number of anilines is 4. The molecule has 0 saturated carbocycles. The fraction of sp³-hybridized carbons (Fsp3) is 0.161. The van der Waals surface area contributed by atoms with Gasteiger partial charge in [0, 0.05) is 51.1 Å². The first-order valence-corrected chi connectivity index (χ1v) is 21.5. The molecule has 1 aliphatic heterocycles. The van der Waals surface area contributed by atoms with E-state index in [1.807, 2.05) is 18.3 Å². The number of ether oxygens (including phenoxy) is 1. The Hall–Kier alpha value is -7.31. The summed E-state index contributed by atoms with van der Waals surface area (Å²) in [5, 5.41) is 4.60. The summed E-state index contributed by atoms with van der Waals surface area (Å²) in [5.41, 5.74) is 13.2. The zero-order valence-corrected chi connectivity index (χ0v) is 36.0. The monoisotopic (exact) mass is 808 g/mol. The van der Waals surface area contributed by atoms with E-state index in [2.05, 4.69) is 208 Å². The van der Waals surface area contributed by atoms with Gasteiger partial charge in [0.1, 0.15) is 35.2 Å². The molecule has 6 nitrogen and oxygen atoms in total. The lowest BCUT2D eigenvalue weighted by atomic mass is 9.85. The average Bonchev–Trinajstić information content (AvgIpc) is 3.96. The third kappa shape index (κ3) is 6.28. The van der Waals surface area contributed by atoms with Crippen LogP contribution in [-0.4, -0.2) is 16.2 Å². The molecule has 0 fully saturated rings. The topological polar surface area (TPSA) is 46.7 Å². The number of hydrogen-bond donors (Lipinski definition) is 0. The smallest absolute Gasteiger partial charge is 0.137 e. The lowest BCUT2D eigenvalue weighted by Gasteiger charge is -2.28. The van der Waals surface area contributed by atoms with E-state index in [1.165, 1.54) is 16.5 Å². The van der Waals surface area contributed by atoms with Gasteiger partial charge in [0.05, 0.1) is 28.1 Å². The minimum absolute atomic E-state index is 0.00830. The maximum atomic E-state index is 6.77. The van der Waals surface area contributed by atoms with Crippen molar-refractivity contribution in [2.75, 3.05) is 16.5 Å². The van der Waals surface area contributed by atoms with Crippen LogP contribution in [0.25, 0.3) is 60.7 Å².